The molecule has 1 aliphatic heterocycles. The van der Waals surface area contributed by atoms with Gasteiger partial charge in [0.1, 0.15) is 0 Å². The molecule has 1 saturated heterocycles. The van der Waals surface area contributed by atoms with E-state index in [1.54, 1.807) is 0 Å². The van der Waals surface area contributed by atoms with E-state index >= 15 is 0 Å². The quantitative estimate of drug-likeness (QED) is 0.695. The van der Waals surface area contributed by atoms with Crippen LogP contribution in [0.2, 0.25) is 0 Å². The molecule has 0 aliphatic carbocycles. The summed E-state index contributed by atoms with van der Waals surface area (Å²) >= 11 is 0. The first-order valence-electron chi connectivity index (χ1n) is 10.3. The van der Waals surface area contributed by atoms with Gasteiger partial charge in [-0.3, -0.25) is 4.79 Å². The first-order chi connectivity index (χ1) is 14.5. The van der Waals surface area contributed by atoms with Crippen molar-refractivity contribution in [3.05, 3.63) is 83.4 Å². The Hall–Kier alpha value is -3.42. The maximum absolute atomic E-state index is 13.1. The molecule has 0 atom stereocenters. The van der Waals surface area contributed by atoms with Crippen LogP contribution in [0.1, 0.15) is 34.3 Å². The van der Waals surface area contributed by atoms with Gasteiger partial charge in [-0.05, 0) is 66.3 Å². The van der Waals surface area contributed by atoms with Crippen LogP contribution in [0.4, 0.5) is 0 Å². The van der Waals surface area contributed by atoms with E-state index in [0.29, 0.717) is 24.2 Å². The van der Waals surface area contributed by atoms with Gasteiger partial charge in [0, 0.05) is 24.7 Å². The average molecular weight is 396 g/mol. The van der Waals surface area contributed by atoms with Crippen LogP contribution < -0.4 is 5.73 Å². The number of aryl methyl sites for hydroxylation is 1. The molecule has 3 aromatic rings. The minimum Gasteiger partial charge on any atom is -0.339 e. The number of carbonyl (C=O) groups is 1. The molecule has 3 aromatic carbocycles. The third-order valence-electron chi connectivity index (χ3n) is 5.78. The van der Waals surface area contributed by atoms with Gasteiger partial charge in [0.05, 0.1) is 11.6 Å². The molecule has 150 valence electrons. The zero-order valence-corrected chi connectivity index (χ0v) is 17.1. The van der Waals surface area contributed by atoms with Crippen LogP contribution in [-0.2, 0) is 0 Å². The van der Waals surface area contributed by atoms with Crippen LogP contribution in [0.15, 0.2) is 66.7 Å². The number of hydrogen-bond acceptors (Lipinski definition) is 3. The van der Waals surface area contributed by atoms with Gasteiger partial charge in [0.15, 0.2) is 0 Å². The summed E-state index contributed by atoms with van der Waals surface area (Å²) in [5, 5.41) is 9.13. The summed E-state index contributed by atoms with van der Waals surface area (Å²) in [5.74, 6) is 0.0484. The molecule has 0 aromatic heterocycles. The molecule has 4 rings (SSSR count). The number of hydrogen-bond donors (Lipinski definition) is 1. The van der Waals surface area contributed by atoms with Crippen molar-refractivity contribution in [2.75, 3.05) is 13.1 Å². The van der Waals surface area contributed by atoms with Gasteiger partial charge in [-0.2, -0.15) is 5.26 Å². The van der Waals surface area contributed by atoms with E-state index in [2.05, 4.69) is 37.3 Å². The fraction of sp³-hybridized carbons (Fsp3) is 0.231. The maximum Gasteiger partial charge on any atom is 0.253 e. The zero-order valence-electron chi connectivity index (χ0n) is 17.1. The first kappa shape index (κ1) is 19.9. The second-order valence-corrected chi connectivity index (χ2v) is 7.95. The monoisotopic (exact) mass is 395 g/mol. The highest BCUT2D eigenvalue weighted by molar-refractivity contribution is 5.98. The molecule has 4 heteroatoms. The number of nitrogens with two attached hydrogens (primary N) is 1. The second-order valence-electron chi connectivity index (χ2n) is 7.95. The summed E-state index contributed by atoms with van der Waals surface area (Å²) in [4.78, 5) is 15.0. The first-order valence-corrected chi connectivity index (χ1v) is 10.3. The average Bonchev–Trinajstić information content (AvgIpc) is 2.79. The Kier molecular flexibility index (Phi) is 5.65. The van der Waals surface area contributed by atoms with Gasteiger partial charge in [-0.25, -0.2) is 0 Å². The van der Waals surface area contributed by atoms with Gasteiger partial charge >= 0.3 is 0 Å². The maximum atomic E-state index is 13.1. The van der Waals surface area contributed by atoms with Crippen LogP contribution in [0.25, 0.3) is 22.3 Å². The Morgan fingerprint density at radius 1 is 0.933 bits per heavy atom. The van der Waals surface area contributed by atoms with Gasteiger partial charge < -0.3 is 10.6 Å². The number of benzene rings is 3. The van der Waals surface area contributed by atoms with E-state index in [1.807, 2.05) is 47.4 Å². The number of carbonyl (C=O) groups excluding carboxylic acids is 1. The second kappa shape index (κ2) is 8.52. The summed E-state index contributed by atoms with van der Waals surface area (Å²) < 4.78 is 0. The molecule has 1 heterocycles. The molecular formula is C26H25N3O. The van der Waals surface area contributed by atoms with E-state index < -0.39 is 0 Å². The molecule has 1 aliphatic rings. The zero-order chi connectivity index (χ0) is 21.1. The third kappa shape index (κ3) is 4.12. The van der Waals surface area contributed by atoms with Crippen molar-refractivity contribution in [2.45, 2.75) is 25.8 Å². The molecular weight excluding hydrogens is 370 g/mol. The Bertz CT molecular complexity index is 1090. The Morgan fingerprint density at radius 3 is 2.17 bits per heavy atom. The molecule has 0 bridgehead atoms. The molecule has 0 spiro atoms. The molecule has 1 amide bonds. The van der Waals surface area contributed by atoms with Crippen molar-refractivity contribution in [3.8, 4) is 28.3 Å². The van der Waals surface area contributed by atoms with Crippen molar-refractivity contribution in [3.63, 3.8) is 0 Å². The highest BCUT2D eigenvalue weighted by atomic mass is 16.2. The lowest BCUT2D eigenvalue weighted by Gasteiger charge is -2.30. The Labute approximate surface area is 177 Å². The summed E-state index contributed by atoms with van der Waals surface area (Å²) in [5.41, 5.74) is 12.6. The van der Waals surface area contributed by atoms with Gasteiger partial charge in [0.25, 0.3) is 5.91 Å². The number of nitriles is 1. The Balaban J connectivity index is 1.76. The summed E-state index contributed by atoms with van der Waals surface area (Å²) in [6.07, 6.45) is 1.69. The number of piperidine rings is 1. The third-order valence-corrected chi connectivity index (χ3v) is 5.78. The van der Waals surface area contributed by atoms with E-state index in [9.17, 15) is 4.79 Å². The minimum absolute atomic E-state index is 0.0484. The molecule has 0 radical (unpaired) electrons. The predicted molar refractivity (Wildman–Crippen MR) is 120 cm³/mol. The lowest BCUT2D eigenvalue weighted by molar-refractivity contribution is 0.0715. The topological polar surface area (TPSA) is 70.1 Å². The van der Waals surface area contributed by atoms with Crippen LogP contribution >= 0.6 is 0 Å². The van der Waals surface area contributed by atoms with Crippen LogP contribution in [0, 0.1) is 18.3 Å². The normalized spacial score (nSPS) is 14.4. The van der Waals surface area contributed by atoms with E-state index in [0.717, 1.165) is 35.1 Å². The molecule has 30 heavy (non-hydrogen) atoms. The highest BCUT2D eigenvalue weighted by Crippen LogP contribution is 2.34. The fourth-order valence-corrected chi connectivity index (χ4v) is 3.91. The van der Waals surface area contributed by atoms with Gasteiger partial charge in [0.2, 0.25) is 0 Å². The molecule has 0 unspecified atom stereocenters. The van der Waals surface area contributed by atoms with E-state index in [1.165, 1.54) is 5.56 Å². The van der Waals surface area contributed by atoms with Crippen molar-refractivity contribution >= 4 is 5.91 Å². The summed E-state index contributed by atoms with van der Waals surface area (Å²) in [6.45, 7) is 3.47. The van der Waals surface area contributed by atoms with Gasteiger partial charge in [-0.1, -0.05) is 48.0 Å². The lowest BCUT2D eigenvalue weighted by Crippen LogP contribution is -2.42. The van der Waals surface area contributed by atoms with Crippen molar-refractivity contribution in [2.24, 2.45) is 5.73 Å². The van der Waals surface area contributed by atoms with Gasteiger partial charge in [-0.15, -0.1) is 0 Å². The van der Waals surface area contributed by atoms with E-state index in [-0.39, 0.29) is 11.9 Å². The lowest BCUT2D eigenvalue weighted by atomic mass is 9.91. The van der Waals surface area contributed by atoms with Crippen LogP contribution in [0.3, 0.4) is 0 Å². The van der Waals surface area contributed by atoms with Crippen molar-refractivity contribution < 1.29 is 4.79 Å². The molecule has 2 N–H and O–H groups in total. The molecule has 4 nitrogen and oxygen atoms in total. The summed E-state index contributed by atoms with van der Waals surface area (Å²) in [6, 6.07) is 24.2. The van der Waals surface area contributed by atoms with Crippen molar-refractivity contribution in [1.29, 1.82) is 5.26 Å². The van der Waals surface area contributed by atoms with Crippen molar-refractivity contribution in [1.82, 2.24) is 4.90 Å². The summed E-state index contributed by atoms with van der Waals surface area (Å²) in [7, 11) is 0. The molecule has 1 fully saturated rings. The van der Waals surface area contributed by atoms with Crippen LogP contribution in [0.5, 0.6) is 0 Å². The highest BCUT2D eigenvalue weighted by Gasteiger charge is 2.22. The number of likely N-dealkylation sites (tertiary alicyclic amines) is 1. The Morgan fingerprint density at radius 2 is 1.53 bits per heavy atom. The van der Waals surface area contributed by atoms with E-state index in [4.69, 9.17) is 11.0 Å². The van der Waals surface area contributed by atoms with Crippen LogP contribution in [-0.4, -0.2) is 29.9 Å². The smallest absolute Gasteiger partial charge is 0.253 e. The number of amides is 1. The standard InChI is InChI=1S/C26H25N3O/c1-18-2-6-20(7-3-18)24-11-10-22(26(30)29-14-12-23(28)13-15-29)16-25(24)21-8-4-19(17-27)5-9-21/h2-11,16,23H,12-15,28H2,1H3. The number of nitrogens with zero attached hydrogens (tertiary/aromatic N) is 2. The fourth-order valence-electron chi connectivity index (χ4n) is 3.91. The predicted octanol–water partition coefficient (Wildman–Crippen LogP) is 4.76. The SMILES string of the molecule is Cc1ccc(-c2ccc(C(=O)N3CCC(N)CC3)cc2-c2ccc(C#N)cc2)cc1. The largest absolute Gasteiger partial charge is 0.339 e. The molecule has 0 saturated carbocycles. The number of rotatable bonds is 3. The minimum atomic E-state index is 0.0484.